The average Bonchev–Trinajstić information content (AvgIpc) is 3.41. The number of nitrogens with zero attached hydrogens (tertiary/aromatic N) is 5. The number of fused-ring (bicyclic) bond motifs is 1. The molecule has 1 amide bonds. The molecule has 0 atom stereocenters. The van der Waals surface area contributed by atoms with Crippen molar-refractivity contribution >= 4 is 44.9 Å². The molecular formula is C19H20N6O2S2. The first-order chi connectivity index (χ1) is 13.8. The Hall–Kier alpha value is -2.72. The second-order valence-electron chi connectivity index (χ2n) is 7.11. The summed E-state index contributed by atoms with van der Waals surface area (Å²) in [6, 6.07) is 5.73. The van der Waals surface area contributed by atoms with Crippen LogP contribution in [0.1, 0.15) is 30.9 Å². The maximum atomic E-state index is 12.7. The Morgan fingerprint density at radius 3 is 2.86 bits per heavy atom. The number of carbonyl (C=O) groups excluding carboxylic acids is 1. The van der Waals surface area contributed by atoms with Gasteiger partial charge in [0.05, 0.1) is 15.9 Å². The summed E-state index contributed by atoms with van der Waals surface area (Å²) in [6.45, 7) is 7.46. The van der Waals surface area contributed by atoms with E-state index >= 15 is 0 Å². The number of thioether (sulfide) groups is 1. The van der Waals surface area contributed by atoms with Gasteiger partial charge in [0.2, 0.25) is 0 Å². The highest BCUT2D eigenvalue weighted by atomic mass is 32.2. The predicted molar refractivity (Wildman–Crippen MR) is 113 cm³/mol. The first-order valence-corrected chi connectivity index (χ1v) is 10.8. The Labute approximate surface area is 175 Å². The van der Waals surface area contributed by atoms with Gasteiger partial charge in [0, 0.05) is 17.0 Å². The van der Waals surface area contributed by atoms with Crippen molar-refractivity contribution in [1.29, 1.82) is 0 Å². The van der Waals surface area contributed by atoms with E-state index in [0.717, 1.165) is 43.0 Å². The van der Waals surface area contributed by atoms with Crippen molar-refractivity contribution in [3.8, 4) is 0 Å². The molecule has 0 spiro atoms. The van der Waals surface area contributed by atoms with Crippen LogP contribution in [0.3, 0.4) is 0 Å². The molecule has 0 aliphatic rings. The Bertz CT molecular complexity index is 1140. The topological polar surface area (TPSA) is 98.7 Å². The summed E-state index contributed by atoms with van der Waals surface area (Å²) in [4.78, 5) is 21.3. The quantitative estimate of drug-likeness (QED) is 0.460. The zero-order valence-corrected chi connectivity index (χ0v) is 18.1. The van der Waals surface area contributed by atoms with E-state index in [9.17, 15) is 4.79 Å². The zero-order valence-electron chi connectivity index (χ0n) is 16.5. The number of aryl methyl sites for hydroxylation is 2. The summed E-state index contributed by atoms with van der Waals surface area (Å²) in [5.74, 6) is 1.44. The molecule has 0 saturated heterocycles. The molecule has 4 aromatic rings. The third kappa shape index (κ3) is 3.90. The van der Waals surface area contributed by atoms with Crippen LogP contribution in [0.5, 0.6) is 0 Å². The van der Waals surface area contributed by atoms with Crippen LogP contribution in [0.2, 0.25) is 0 Å². The van der Waals surface area contributed by atoms with Crippen molar-refractivity contribution in [1.82, 2.24) is 24.9 Å². The fourth-order valence-electron chi connectivity index (χ4n) is 2.77. The standard InChI is InChI=1S/C19H20N6O2S2/c1-11-14(12(2)27-24-11)8-28-18-23-15-6-5-13(7-16(15)29-18)22-17(26)19(3,4)25-10-20-9-21-25/h5-7,9-10H,8H2,1-4H3,(H,22,26). The SMILES string of the molecule is Cc1noc(C)c1CSc1nc2ccc(NC(=O)C(C)(C)n3cncn3)cc2s1. The van der Waals surface area contributed by atoms with Crippen LogP contribution >= 0.6 is 23.1 Å². The molecule has 0 bridgehead atoms. The molecule has 0 radical (unpaired) electrons. The van der Waals surface area contributed by atoms with Gasteiger partial charge >= 0.3 is 0 Å². The average molecular weight is 429 g/mol. The van der Waals surface area contributed by atoms with Crippen LogP contribution in [-0.4, -0.2) is 30.8 Å². The van der Waals surface area contributed by atoms with Gasteiger partial charge in [-0.15, -0.1) is 11.3 Å². The summed E-state index contributed by atoms with van der Waals surface area (Å²) in [5, 5.41) is 11.0. The number of aromatic nitrogens is 5. The molecule has 0 saturated carbocycles. The van der Waals surface area contributed by atoms with Crippen molar-refractivity contribution in [2.75, 3.05) is 5.32 Å². The smallest absolute Gasteiger partial charge is 0.251 e. The van der Waals surface area contributed by atoms with Crippen molar-refractivity contribution in [2.45, 2.75) is 43.3 Å². The predicted octanol–water partition coefficient (Wildman–Crippen LogP) is 4.16. The molecule has 0 fully saturated rings. The van der Waals surface area contributed by atoms with Gasteiger partial charge < -0.3 is 9.84 Å². The number of benzene rings is 1. The molecule has 0 unspecified atom stereocenters. The molecule has 0 aliphatic carbocycles. The Balaban J connectivity index is 1.49. The van der Waals surface area contributed by atoms with Gasteiger partial charge in [0.15, 0.2) is 4.34 Å². The molecule has 29 heavy (non-hydrogen) atoms. The van der Waals surface area contributed by atoms with Gasteiger partial charge in [-0.3, -0.25) is 4.79 Å². The lowest BCUT2D eigenvalue weighted by atomic mass is 10.1. The second-order valence-corrected chi connectivity index (χ2v) is 9.36. The molecular weight excluding hydrogens is 408 g/mol. The lowest BCUT2D eigenvalue weighted by Gasteiger charge is -2.23. The van der Waals surface area contributed by atoms with E-state index in [1.807, 2.05) is 32.0 Å². The van der Waals surface area contributed by atoms with E-state index in [-0.39, 0.29) is 5.91 Å². The summed E-state index contributed by atoms with van der Waals surface area (Å²) >= 11 is 3.26. The zero-order chi connectivity index (χ0) is 20.6. The number of hydrogen-bond donors (Lipinski definition) is 1. The van der Waals surface area contributed by atoms with Gasteiger partial charge in [-0.2, -0.15) is 5.10 Å². The first-order valence-electron chi connectivity index (χ1n) is 8.96. The van der Waals surface area contributed by atoms with Crippen LogP contribution < -0.4 is 5.32 Å². The Kier molecular flexibility index (Phi) is 5.13. The summed E-state index contributed by atoms with van der Waals surface area (Å²) in [7, 11) is 0. The Morgan fingerprint density at radius 1 is 1.34 bits per heavy atom. The Morgan fingerprint density at radius 2 is 2.17 bits per heavy atom. The lowest BCUT2D eigenvalue weighted by Crippen LogP contribution is -2.40. The number of nitrogens with one attached hydrogen (secondary N) is 1. The van der Waals surface area contributed by atoms with E-state index < -0.39 is 5.54 Å². The molecule has 8 nitrogen and oxygen atoms in total. The third-order valence-electron chi connectivity index (χ3n) is 4.70. The van der Waals surface area contributed by atoms with Crippen LogP contribution in [0, 0.1) is 13.8 Å². The van der Waals surface area contributed by atoms with Crippen LogP contribution in [0.25, 0.3) is 10.2 Å². The minimum absolute atomic E-state index is 0.167. The van der Waals surface area contributed by atoms with E-state index in [0.29, 0.717) is 0 Å². The summed E-state index contributed by atoms with van der Waals surface area (Å²) in [5.41, 5.74) is 2.80. The van der Waals surface area contributed by atoms with E-state index in [1.165, 1.54) is 17.3 Å². The molecule has 10 heteroatoms. The molecule has 1 aromatic carbocycles. The van der Waals surface area contributed by atoms with Crippen LogP contribution in [0.4, 0.5) is 5.69 Å². The fraction of sp³-hybridized carbons (Fsp3) is 0.316. The monoisotopic (exact) mass is 428 g/mol. The van der Waals surface area contributed by atoms with Crippen molar-refractivity contribution in [3.63, 3.8) is 0 Å². The molecule has 0 aliphatic heterocycles. The number of thiazole rings is 1. The van der Waals surface area contributed by atoms with Crippen molar-refractivity contribution in [3.05, 3.63) is 47.9 Å². The number of rotatable bonds is 6. The maximum Gasteiger partial charge on any atom is 0.251 e. The molecule has 3 heterocycles. The summed E-state index contributed by atoms with van der Waals surface area (Å²) < 4.78 is 8.74. The van der Waals surface area contributed by atoms with E-state index in [1.54, 1.807) is 36.9 Å². The fourth-order valence-corrected chi connectivity index (χ4v) is 5.03. The van der Waals surface area contributed by atoms with Crippen molar-refractivity contribution < 1.29 is 9.32 Å². The minimum atomic E-state index is -0.853. The molecule has 3 aromatic heterocycles. The second kappa shape index (κ2) is 7.60. The van der Waals surface area contributed by atoms with Crippen LogP contribution in [-0.2, 0) is 16.1 Å². The highest BCUT2D eigenvalue weighted by Gasteiger charge is 2.30. The number of amides is 1. The molecule has 4 rings (SSSR count). The van der Waals surface area contributed by atoms with Crippen LogP contribution in [0.15, 0.2) is 39.7 Å². The number of carbonyl (C=O) groups is 1. The third-order valence-corrected chi connectivity index (χ3v) is 6.88. The van der Waals surface area contributed by atoms with E-state index in [4.69, 9.17) is 4.52 Å². The normalized spacial score (nSPS) is 11.9. The highest BCUT2D eigenvalue weighted by Crippen LogP contribution is 2.34. The molecule has 150 valence electrons. The van der Waals surface area contributed by atoms with Crippen molar-refractivity contribution in [2.24, 2.45) is 0 Å². The number of anilines is 1. The lowest BCUT2D eigenvalue weighted by molar-refractivity contribution is -0.123. The molecule has 1 N–H and O–H groups in total. The van der Waals surface area contributed by atoms with E-state index in [2.05, 4.69) is 25.5 Å². The maximum absolute atomic E-state index is 12.7. The van der Waals surface area contributed by atoms with Gasteiger partial charge in [0.25, 0.3) is 5.91 Å². The first kappa shape index (κ1) is 19.6. The summed E-state index contributed by atoms with van der Waals surface area (Å²) in [6.07, 6.45) is 2.95. The van der Waals surface area contributed by atoms with Gasteiger partial charge in [-0.1, -0.05) is 16.9 Å². The van der Waals surface area contributed by atoms with Gasteiger partial charge in [-0.05, 0) is 45.9 Å². The number of hydrogen-bond acceptors (Lipinski definition) is 8. The van der Waals surface area contributed by atoms with Gasteiger partial charge in [-0.25, -0.2) is 14.6 Å². The van der Waals surface area contributed by atoms with Gasteiger partial charge in [0.1, 0.15) is 24.0 Å². The minimum Gasteiger partial charge on any atom is -0.361 e. The largest absolute Gasteiger partial charge is 0.361 e. The highest BCUT2D eigenvalue weighted by molar-refractivity contribution is 8.00.